The number of esters is 1. The maximum Gasteiger partial charge on any atom is 0.344 e. The van der Waals surface area contributed by atoms with Crippen molar-refractivity contribution in [2.24, 2.45) is 4.99 Å². The number of hydrogen-bond acceptors (Lipinski definition) is 6. The quantitative estimate of drug-likeness (QED) is 0.0923. The van der Waals surface area contributed by atoms with Crippen LogP contribution < -0.4 is 5.32 Å². The fourth-order valence-corrected chi connectivity index (χ4v) is 5.73. The molecule has 266 valence electrons. The Labute approximate surface area is 292 Å². The van der Waals surface area contributed by atoms with Crippen LogP contribution in [0.3, 0.4) is 0 Å². The van der Waals surface area contributed by atoms with Crippen molar-refractivity contribution in [1.82, 2.24) is 10.2 Å². The smallest absolute Gasteiger partial charge is 0.344 e. The molecule has 2 rings (SSSR count). The van der Waals surface area contributed by atoms with Crippen LogP contribution in [-0.2, 0) is 9.53 Å². The van der Waals surface area contributed by atoms with Gasteiger partial charge in [-0.1, -0.05) is 116 Å². The maximum absolute atomic E-state index is 14.5. The number of carbonyl (C=O) groups excluding carboxylic acids is 1. The number of rotatable bonds is 14. The van der Waals surface area contributed by atoms with Crippen molar-refractivity contribution in [3.8, 4) is 0 Å². The lowest BCUT2D eigenvalue weighted by Crippen LogP contribution is -2.43. The first-order valence-corrected chi connectivity index (χ1v) is 18.5. The van der Waals surface area contributed by atoms with Gasteiger partial charge in [0, 0.05) is 54.9 Å². The molecule has 0 aliphatic carbocycles. The average Bonchev–Trinajstić information content (AvgIpc) is 3.09. The Kier molecular flexibility index (Phi) is 28.8. The van der Waals surface area contributed by atoms with Gasteiger partial charge in [-0.2, -0.15) is 0 Å². The van der Waals surface area contributed by atoms with Gasteiger partial charge in [-0.25, -0.2) is 9.18 Å². The number of benzene rings is 1. The van der Waals surface area contributed by atoms with E-state index in [2.05, 4.69) is 49.5 Å². The molecule has 1 fully saturated rings. The summed E-state index contributed by atoms with van der Waals surface area (Å²) in [5.74, 6) is -0.413. The number of hydrogen-bond donors (Lipinski definition) is 1. The van der Waals surface area contributed by atoms with Crippen molar-refractivity contribution in [3.05, 3.63) is 87.2 Å². The largest absolute Gasteiger partial charge is 0.462 e. The van der Waals surface area contributed by atoms with Crippen molar-refractivity contribution in [1.29, 1.82) is 0 Å². The standard InChI is InChI=1S/C22H30FN3.C14H24O2S.2C2H6/c1-5-7-12-25-17(3)22(18(4)26-15-13-24-14-16-26)19(6-2)20-10-8-9-11-21(20)23;1-6-9-11(4)13(14(15)16-8-3)17-12(5)10-7-2;2*1-2/h6-12,24H,5,13-16H2,1-4H3;5-10H2,1-4H3;2*1-2H3/b12-7+,19-6-,22-18-,25-17+;13-11-;;. The van der Waals surface area contributed by atoms with Crippen LogP contribution >= 0.6 is 11.8 Å². The second kappa shape index (κ2) is 29.3. The third-order valence-corrected chi connectivity index (χ3v) is 8.11. The zero-order chi connectivity index (χ0) is 36.2. The topological polar surface area (TPSA) is 53.9 Å². The van der Waals surface area contributed by atoms with E-state index in [0.29, 0.717) is 12.2 Å². The third kappa shape index (κ3) is 17.7. The summed E-state index contributed by atoms with van der Waals surface area (Å²) in [6.07, 6.45) is 10.8. The first-order chi connectivity index (χ1) is 22.7. The molecule has 0 saturated carbocycles. The molecule has 7 heteroatoms. The number of aliphatic imine (C=N–C) groups is 1. The van der Waals surface area contributed by atoms with E-state index < -0.39 is 0 Å². The number of carbonyl (C=O) groups is 1. The highest BCUT2D eigenvalue weighted by Crippen LogP contribution is 2.32. The lowest BCUT2D eigenvalue weighted by atomic mass is 9.92. The lowest BCUT2D eigenvalue weighted by Gasteiger charge is -2.32. The number of thioether (sulfide) groups is 1. The van der Waals surface area contributed by atoms with Gasteiger partial charge in [0.1, 0.15) is 5.82 Å². The van der Waals surface area contributed by atoms with Crippen LogP contribution in [0.15, 0.2) is 80.8 Å². The number of halogens is 1. The Bertz CT molecular complexity index is 1190. The fourth-order valence-electron chi connectivity index (χ4n) is 4.72. The normalized spacial score (nSPS) is 14.4. The van der Waals surface area contributed by atoms with Gasteiger partial charge in [0.05, 0.1) is 11.5 Å². The molecule has 5 nitrogen and oxygen atoms in total. The van der Waals surface area contributed by atoms with E-state index in [1.54, 1.807) is 6.07 Å². The van der Waals surface area contributed by atoms with Crippen LogP contribution in [0.4, 0.5) is 4.39 Å². The molecule has 1 aromatic rings. The van der Waals surface area contributed by atoms with E-state index in [1.807, 2.05) is 85.9 Å². The summed E-state index contributed by atoms with van der Waals surface area (Å²) in [5.41, 5.74) is 5.68. The van der Waals surface area contributed by atoms with Crippen molar-refractivity contribution in [2.45, 2.75) is 115 Å². The molecule has 1 aliphatic heterocycles. The SMILES string of the molecule is C=C(CCC)S/C(C(=O)OCC)=C(/C)CCC.CC.CC.C\C=C(C(/C(C)=N/C=C/CC)=C(/C)N1CCNCC1)\c1ccccc1F. The monoisotopic (exact) mass is 671 g/mol. The molecule has 47 heavy (non-hydrogen) atoms. The molecule has 1 N–H and O–H groups in total. The summed E-state index contributed by atoms with van der Waals surface area (Å²) in [5, 5.41) is 3.38. The van der Waals surface area contributed by atoms with Crippen LogP contribution in [0.2, 0.25) is 0 Å². The van der Waals surface area contributed by atoms with Crippen LogP contribution in [0.25, 0.3) is 5.57 Å². The van der Waals surface area contributed by atoms with Crippen molar-refractivity contribution < 1.29 is 13.9 Å². The van der Waals surface area contributed by atoms with E-state index in [0.717, 1.165) is 96.2 Å². The highest BCUT2D eigenvalue weighted by Gasteiger charge is 2.21. The van der Waals surface area contributed by atoms with Gasteiger partial charge in [0.15, 0.2) is 0 Å². The number of ether oxygens (including phenoxy) is 1. The van der Waals surface area contributed by atoms with Crippen LogP contribution in [0, 0.1) is 5.82 Å². The molecule has 1 aliphatic rings. The average molecular weight is 672 g/mol. The molecule has 0 aromatic heterocycles. The molecular weight excluding hydrogens is 606 g/mol. The molecule has 1 saturated heterocycles. The fraction of sp³-hybridized carbons (Fsp3) is 0.550. The molecule has 0 bridgehead atoms. The summed E-state index contributed by atoms with van der Waals surface area (Å²) in [4.78, 5) is 20.6. The van der Waals surface area contributed by atoms with Gasteiger partial charge >= 0.3 is 5.97 Å². The molecule has 0 amide bonds. The molecule has 0 atom stereocenters. The maximum atomic E-state index is 14.5. The second-order valence-corrected chi connectivity index (χ2v) is 11.5. The summed E-state index contributed by atoms with van der Waals surface area (Å²) in [7, 11) is 0. The molecule has 0 radical (unpaired) electrons. The zero-order valence-corrected chi connectivity index (χ0v) is 32.6. The van der Waals surface area contributed by atoms with E-state index in [1.165, 1.54) is 17.8 Å². The Morgan fingerprint density at radius 3 is 2.13 bits per heavy atom. The minimum atomic E-state index is -0.208. The van der Waals surface area contributed by atoms with Crippen LogP contribution in [0.5, 0.6) is 0 Å². The highest BCUT2D eigenvalue weighted by atomic mass is 32.2. The van der Waals surface area contributed by atoms with Gasteiger partial charge in [0.2, 0.25) is 0 Å². The predicted octanol–water partition coefficient (Wildman–Crippen LogP) is 11.5. The number of nitrogens with one attached hydrogen (secondary N) is 1. The van der Waals surface area contributed by atoms with Gasteiger partial charge in [-0.3, -0.25) is 4.99 Å². The minimum Gasteiger partial charge on any atom is -0.462 e. The zero-order valence-electron chi connectivity index (χ0n) is 31.8. The summed E-state index contributed by atoms with van der Waals surface area (Å²) >= 11 is 1.48. The van der Waals surface area contributed by atoms with Crippen LogP contribution in [-0.4, -0.2) is 49.4 Å². The van der Waals surface area contributed by atoms with Crippen molar-refractivity contribution in [2.75, 3.05) is 32.8 Å². The minimum absolute atomic E-state index is 0.205. The highest BCUT2D eigenvalue weighted by molar-refractivity contribution is 8.07. The molecular formula is C40H66FN3O2S. The number of piperazine rings is 1. The van der Waals surface area contributed by atoms with Crippen molar-refractivity contribution in [3.63, 3.8) is 0 Å². The van der Waals surface area contributed by atoms with Gasteiger partial charge < -0.3 is 15.0 Å². The Hall–Kier alpha value is -2.90. The number of nitrogens with zero attached hydrogens (tertiary/aromatic N) is 2. The van der Waals surface area contributed by atoms with Gasteiger partial charge in [0.25, 0.3) is 0 Å². The van der Waals surface area contributed by atoms with Crippen LogP contribution in [0.1, 0.15) is 121 Å². The number of allylic oxidation sites excluding steroid dienone is 7. The lowest BCUT2D eigenvalue weighted by molar-refractivity contribution is -0.137. The summed E-state index contributed by atoms with van der Waals surface area (Å²) in [6.45, 7) is 32.4. The third-order valence-electron chi connectivity index (χ3n) is 6.89. The Morgan fingerprint density at radius 1 is 1.02 bits per heavy atom. The van der Waals surface area contributed by atoms with E-state index in [9.17, 15) is 9.18 Å². The van der Waals surface area contributed by atoms with Gasteiger partial charge in [-0.15, -0.1) is 0 Å². The molecule has 1 aromatic carbocycles. The first kappa shape index (κ1) is 46.2. The molecule has 0 unspecified atom stereocenters. The summed E-state index contributed by atoms with van der Waals surface area (Å²) in [6, 6.07) is 6.96. The van der Waals surface area contributed by atoms with Gasteiger partial charge in [-0.05, 0) is 70.4 Å². The predicted molar refractivity (Wildman–Crippen MR) is 208 cm³/mol. The van der Waals surface area contributed by atoms with E-state index in [4.69, 9.17) is 4.74 Å². The van der Waals surface area contributed by atoms with Crippen molar-refractivity contribution >= 4 is 29.0 Å². The van der Waals surface area contributed by atoms with E-state index >= 15 is 0 Å². The second-order valence-electron chi connectivity index (χ2n) is 10.4. The van der Waals surface area contributed by atoms with E-state index in [-0.39, 0.29) is 11.8 Å². The molecule has 1 heterocycles. The molecule has 0 spiro atoms. The summed E-state index contributed by atoms with van der Waals surface area (Å²) < 4.78 is 19.6. The Balaban J connectivity index is 0. The first-order valence-electron chi connectivity index (χ1n) is 17.7. The Morgan fingerprint density at radius 2 is 1.62 bits per heavy atom.